The number of rotatable bonds is 5. The van der Waals surface area contributed by atoms with Crippen molar-refractivity contribution in [2.75, 3.05) is 20.2 Å². The summed E-state index contributed by atoms with van der Waals surface area (Å²) in [4.78, 5) is 12.9. The van der Waals surface area contributed by atoms with Crippen LogP contribution >= 0.6 is 0 Å². The molecule has 26 heavy (non-hydrogen) atoms. The van der Waals surface area contributed by atoms with Gasteiger partial charge < -0.3 is 15.4 Å². The van der Waals surface area contributed by atoms with E-state index in [0.29, 0.717) is 12.5 Å². The summed E-state index contributed by atoms with van der Waals surface area (Å²) in [6.45, 7) is 2.25. The maximum Gasteiger partial charge on any atom is 0.228 e. The fourth-order valence-corrected chi connectivity index (χ4v) is 4.37. The molecule has 2 aromatic rings. The van der Waals surface area contributed by atoms with E-state index in [9.17, 15) is 4.79 Å². The van der Waals surface area contributed by atoms with Crippen LogP contribution < -0.4 is 15.4 Å². The number of hydrogen-bond acceptors (Lipinski definition) is 4. The summed E-state index contributed by atoms with van der Waals surface area (Å²) in [7, 11) is 1.65. The lowest BCUT2D eigenvalue weighted by Crippen LogP contribution is -2.47. The van der Waals surface area contributed by atoms with Gasteiger partial charge in [0, 0.05) is 12.7 Å². The van der Waals surface area contributed by atoms with E-state index in [1.807, 2.05) is 41.2 Å². The summed E-state index contributed by atoms with van der Waals surface area (Å²) in [6, 6.07) is 9.70. The van der Waals surface area contributed by atoms with Gasteiger partial charge in [-0.3, -0.25) is 4.79 Å². The van der Waals surface area contributed by atoms with E-state index >= 15 is 0 Å². The Balaban J connectivity index is 1.40. The van der Waals surface area contributed by atoms with Crippen LogP contribution in [-0.2, 0) is 11.3 Å². The molecule has 2 fully saturated rings. The smallest absolute Gasteiger partial charge is 0.228 e. The zero-order valence-electron chi connectivity index (χ0n) is 15.2. The number of carbonyl (C=O) groups excluding carboxylic acids is 1. The predicted octanol–water partition coefficient (Wildman–Crippen LogP) is 2.28. The molecule has 2 atom stereocenters. The molecule has 2 heterocycles. The van der Waals surface area contributed by atoms with Crippen LogP contribution in [-0.4, -0.2) is 35.9 Å². The normalized spacial score (nSPS) is 24.9. The Morgan fingerprint density at radius 1 is 1.35 bits per heavy atom. The number of fused-ring (bicyclic) bond motifs is 1. The van der Waals surface area contributed by atoms with Gasteiger partial charge in [-0.25, -0.2) is 4.68 Å². The third-order valence-electron chi connectivity index (χ3n) is 5.90. The van der Waals surface area contributed by atoms with Gasteiger partial charge in [0.1, 0.15) is 5.75 Å². The first-order valence-electron chi connectivity index (χ1n) is 9.39. The van der Waals surface area contributed by atoms with Crippen LogP contribution in [0, 0.1) is 11.3 Å². The van der Waals surface area contributed by atoms with Crippen LogP contribution in [0.4, 0.5) is 0 Å². The van der Waals surface area contributed by atoms with E-state index < -0.39 is 0 Å². The third-order valence-corrected chi connectivity index (χ3v) is 5.90. The predicted molar refractivity (Wildman–Crippen MR) is 99.2 cm³/mol. The lowest BCUT2D eigenvalue weighted by atomic mass is 9.67. The molecule has 0 spiro atoms. The number of benzene rings is 1. The highest BCUT2D eigenvalue weighted by atomic mass is 16.5. The Morgan fingerprint density at radius 2 is 2.19 bits per heavy atom. The molecule has 1 aromatic carbocycles. The molecule has 6 heteroatoms. The first-order valence-corrected chi connectivity index (χ1v) is 9.39. The molecule has 1 aliphatic heterocycles. The van der Waals surface area contributed by atoms with Crippen molar-refractivity contribution in [1.29, 1.82) is 0 Å². The van der Waals surface area contributed by atoms with Gasteiger partial charge in [0.25, 0.3) is 0 Å². The second kappa shape index (κ2) is 7.11. The van der Waals surface area contributed by atoms with Crippen molar-refractivity contribution >= 4 is 5.91 Å². The monoisotopic (exact) mass is 354 g/mol. The van der Waals surface area contributed by atoms with Crippen molar-refractivity contribution < 1.29 is 9.53 Å². The molecule has 138 valence electrons. The van der Waals surface area contributed by atoms with E-state index in [4.69, 9.17) is 4.74 Å². The third kappa shape index (κ3) is 3.09. The first-order chi connectivity index (χ1) is 12.7. The molecule has 2 N–H and O–H groups in total. The van der Waals surface area contributed by atoms with Crippen molar-refractivity contribution in [3.05, 3.63) is 42.2 Å². The molecule has 6 nitrogen and oxygen atoms in total. The lowest BCUT2D eigenvalue weighted by Gasteiger charge is -2.37. The summed E-state index contributed by atoms with van der Waals surface area (Å²) in [6.07, 6.45) is 6.47. The highest BCUT2D eigenvalue weighted by Crippen LogP contribution is 2.43. The number of nitrogens with one attached hydrogen (secondary N) is 2. The molecule has 4 rings (SSSR count). The Bertz CT molecular complexity index is 770. The number of ether oxygens (including phenoxy) is 1. The Morgan fingerprint density at radius 3 is 3.00 bits per heavy atom. The minimum Gasteiger partial charge on any atom is -0.497 e. The standard InChI is InChI=1S/C20H26N4O2/c1-26-18-7-5-17(6-8-18)24-11-9-16(23-24)13-22-19(25)20-10-3-2-4-15(20)12-21-14-20/h5-9,11,15,21H,2-4,10,12-14H2,1H3,(H,22,25)/t15-,20+/m0/s1. The molecular formula is C20H26N4O2. The molecule has 0 bridgehead atoms. The first kappa shape index (κ1) is 17.1. The van der Waals surface area contributed by atoms with Gasteiger partial charge in [0.05, 0.1) is 30.5 Å². The number of amides is 1. The molecule has 1 saturated heterocycles. The topological polar surface area (TPSA) is 68.2 Å². The van der Waals surface area contributed by atoms with E-state index in [1.165, 1.54) is 6.42 Å². The van der Waals surface area contributed by atoms with E-state index in [2.05, 4.69) is 15.7 Å². The van der Waals surface area contributed by atoms with Crippen LogP contribution in [0.15, 0.2) is 36.5 Å². The van der Waals surface area contributed by atoms with Crippen molar-refractivity contribution in [1.82, 2.24) is 20.4 Å². The Labute approximate surface area is 153 Å². The molecule has 1 amide bonds. The molecule has 1 aliphatic carbocycles. The number of aromatic nitrogens is 2. The molecule has 2 aliphatic rings. The maximum atomic E-state index is 12.9. The van der Waals surface area contributed by atoms with Crippen LogP contribution in [0.25, 0.3) is 5.69 Å². The van der Waals surface area contributed by atoms with Gasteiger partial charge in [0.15, 0.2) is 0 Å². The zero-order valence-corrected chi connectivity index (χ0v) is 15.2. The van der Waals surface area contributed by atoms with Gasteiger partial charge in [-0.2, -0.15) is 5.10 Å². The number of carbonyl (C=O) groups is 1. The average molecular weight is 354 g/mol. The fraction of sp³-hybridized carbons (Fsp3) is 0.500. The SMILES string of the molecule is COc1ccc(-n2ccc(CNC(=O)[C@@]34CCCC[C@H]3CNC4)n2)cc1. The second-order valence-corrected chi connectivity index (χ2v) is 7.36. The maximum absolute atomic E-state index is 12.9. The Kier molecular flexibility index (Phi) is 4.68. The minimum absolute atomic E-state index is 0.186. The highest BCUT2D eigenvalue weighted by molar-refractivity contribution is 5.83. The molecular weight excluding hydrogens is 328 g/mol. The number of hydrogen-bond donors (Lipinski definition) is 2. The van der Waals surface area contributed by atoms with Gasteiger partial charge in [-0.1, -0.05) is 12.8 Å². The largest absolute Gasteiger partial charge is 0.497 e. The van der Waals surface area contributed by atoms with Crippen LogP contribution in [0.3, 0.4) is 0 Å². The van der Waals surface area contributed by atoms with E-state index in [-0.39, 0.29) is 11.3 Å². The summed E-state index contributed by atoms with van der Waals surface area (Å²) in [5, 5.41) is 11.1. The lowest BCUT2D eigenvalue weighted by molar-refractivity contribution is -0.134. The van der Waals surface area contributed by atoms with Crippen LogP contribution in [0.5, 0.6) is 5.75 Å². The van der Waals surface area contributed by atoms with E-state index in [1.54, 1.807) is 7.11 Å². The van der Waals surface area contributed by atoms with Crippen LogP contribution in [0.1, 0.15) is 31.4 Å². The van der Waals surface area contributed by atoms with Gasteiger partial charge in [-0.05, 0) is 55.6 Å². The Hall–Kier alpha value is -2.34. The number of nitrogens with zero attached hydrogens (tertiary/aromatic N) is 2. The van der Waals surface area contributed by atoms with Gasteiger partial charge >= 0.3 is 0 Å². The fourth-order valence-electron chi connectivity index (χ4n) is 4.37. The summed E-state index contributed by atoms with van der Waals surface area (Å²) in [5.74, 6) is 1.49. The molecule has 1 aromatic heterocycles. The quantitative estimate of drug-likeness (QED) is 0.864. The van der Waals surface area contributed by atoms with Crippen molar-refractivity contribution in [2.45, 2.75) is 32.2 Å². The average Bonchev–Trinajstić information content (AvgIpc) is 3.34. The molecule has 0 radical (unpaired) electrons. The number of methoxy groups -OCH3 is 1. The van der Waals surface area contributed by atoms with Gasteiger partial charge in [-0.15, -0.1) is 0 Å². The summed E-state index contributed by atoms with van der Waals surface area (Å²) < 4.78 is 7.00. The van der Waals surface area contributed by atoms with Crippen molar-refractivity contribution in [3.63, 3.8) is 0 Å². The summed E-state index contributed by atoms with van der Waals surface area (Å²) in [5.41, 5.74) is 1.62. The van der Waals surface area contributed by atoms with E-state index in [0.717, 1.165) is 49.5 Å². The van der Waals surface area contributed by atoms with Crippen LogP contribution in [0.2, 0.25) is 0 Å². The summed E-state index contributed by atoms with van der Waals surface area (Å²) >= 11 is 0. The minimum atomic E-state index is -0.212. The van der Waals surface area contributed by atoms with Crippen molar-refractivity contribution in [3.8, 4) is 11.4 Å². The molecule has 1 saturated carbocycles. The zero-order chi connectivity index (χ0) is 18.0. The highest BCUT2D eigenvalue weighted by Gasteiger charge is 2.49. The molecule has 0 unspecified atom stereocenters. The van der Waals surface area contributed by atoms with Crippen molar-refractivity contribution in [2.24, 2.45) is 11.3 Å². The second-order valence-electron chi connectivity index (χ2n) is 7.36. The van der Waals surface area contributed by atoms with Gasteiger partial charge in [0.2, 0.25) is 5.91 Å².